The fourth-order valence-corrected chi connectivity index (χ4v) is 2.79. The third kappa shape index (κ3) is 3.16. The lowest BCUT2D eigenvalue weighted by Crippen LogP contribution is -2.34. The van der Waals surface area contributed by atoms with Crippen molar-refractivity contribution < 1.29 is 24.6 Å². The van der Waals surface area contributed by atoms with E-state index >= 15 is 0 Å². The number of hydrogen-bond donors (Lipinski definition) is 3. The first-order chi connectivity index (χ1) is 11.9. The Morgan fingerprint density at radius 2 is 1.96 bits per heavy atom. The molecule has 0 bridgehead atoms. The lowest BCUT2D eigenvalue weighted by molar-refractivity contribution is -0.121. The van der Waals surface area contributed by atoms with E-state index in [0.717, 1.165) is 28.3 Å². The maximum atomic E-state index is 12.6. The highest BCUT2D eigenvalue weighted by Crippen LogP contribution is 2.29. The molecule has 1 aliphatic heterocycles. The normalized spacial score (nSPS) is 17.0. The Morgan fingerprint density at radius 3 is 2.60 bits per heavy atom. The highest BCUT2D eigenvalue weighted by Gasteiger charge is 2.39. The topological polar surface area (TPSA) is 107 Å². The first-order valence-corrected chi connectivity index (χ1v) is 7.63. The molecule has 25 heavy (non-hydrogen) atoms. The number of carboxylic acid groups (broad SMARTS) is 1. The summed E-state index contributed by atoms with van der Waals surface area (Å²) in [4.78, 5) is 36.7. The molecule has 1 heterocycles. The Labute approximate surface area is 143 Å². The fourth-order valence-electron chi connectivity index (χ4n) is 2.79. The molecule has 0 aliphatic carbocycles. The highest BCUT2D eigenvalue weighted by molar-refractivity contribution is 6.23. The van der Waals surface area contributed by atoms with Gasteiger partial charge in [-0.2, -0.15) is 0 Å². The third-order valence-corrected chi connectivity index (χ3v) is 3.98. The molecule has 2 aromatic rings. The second-order valence-electron chi connectivity index (χ2n) is 5.84. The third-order valence-electron chi connectivity index (χ3n) is 3.98. The van der Waals surface area contributed by atoms with Gasteiger partial charge in [0.15, 0.2) is 0 Å². The molecule has 1 unspecified atom stereocenters. The smallest absolute Gasteiger partial charge is 0.339 e. The number of phenols is 1. The van der Waals surface area contributed by atoms with Gasteiger partial charge in [0.05, 0.1) is 12.1 Å². The number of aryl methyl sites for hydroxylation is 1. The predicted octanol–water partition coefficient (Wildman–Crippen LogP) is 2.14. The summed E-state index contributed by atoms with van der Waals surface area (Å²) in [5.74, 6) is -2.66. The SMILES string of the molecule is Cc1cccc(NC2CC(=O)N(c3ccc(C(=O)O)c(O)c3)C2=O)c1. The summed E-state index contributed by atoms with van der Waals surface area (Å²) < 4.78 is 0. The minimum Gasteiger partial charge on any atom is -0.507 e. The van der Waals surface area contributed by atoms with Crippen molar-refractivity contribution in [3.63, 3.8) is 0 Å². The fraction of sp³-hybridized carbons (Fsp3) is 0.167. The van der Waals surface area contributed by atoms with Gasteiger partial charge in [-0.25, -0.2) is 9.69 Å². The molecule has 0 radical (unpaired) electrons. The van der Waals surface area contributed by atoms with Gasteiger partial charge in [0.25, 0.3) is 5.91 Å². The first kappa shape index (κ1) is 16.5. The number of rotatable bonds is 4. The number of hydrogen-bond acceptors (Lipinski definition) is 5. The monoisotopic (exact) mass is 340 g/mol. The molecule has 0 aromatic heterocycles. The van der Waals surface area contributed by atoms with Crippen LogP contribution in [0.15, 0.2) is 42.5 Å². The molecular formula is C18H16N2O5. The van der Waals surface area contributed by atoms with Crippen LogP contribution in [0.1, 0.15) is 22.3 Å². The van der Waals surface area contributed by atoms with Crippen molar-refractivity contribution in [3.8, 4) is 5.75 Å². The van der Waals surface area contributed by atoms with Gasteiger partial charge in [-0.05, 0) is 36.8 Å². The molecule has 1 fully saturated rings. The van der Waals surface area contributed by atoms with Gasteiger partial charge >= 0.3 is 5.97 Å². The molecule has 1 atom stereocenters. The van der Waals surface area contributed by atoms with Crippen LogP contribution in [-0.4, -0.2) is 34.0 Å². The van der Waals surface area contributed by atoms with Crippen molar-refractivity contribution in [2.24, 2.45) is 0 Å². The van der Waals surface area contributed by atoms with Crippen molar-refractivity contribution >= 4 is 29.2 Å². The van der Waals surface area contributed by atoms with Crippen LogP contribution in [0.4, 0.5) is 11.4 Å². The number of nitrogens with one attached hydrogen (secondary N) is 1. The Bertz CT molecular complexity index is 878. The van der Waals surface area contributed by atoms with Gasteiger partial charge in [0.2, 0.25) is 5.91 Å². The van der Waals surface area contributed by atoms with E-state index in [-0.39, 0.29) is 17.7 Å². The standard InChI is InChI=1S/C18H16N2O5/c1-10-3-2-4-11(7-10)19-14-9-16(22)20(17(14)23)12-5-6-13(18(24)25)15(21)8-12/h2-8,14,19,21H,9H2,1H3,(H,24,25). The summed E-state index contributed by atoms with van der Waals surface area (Å²) in [7, 11) is 0. The number of aromatic hydroxyl groups is 1. The van der Waals surface area contributed by atoms with Crippen molar-refractivity contribution in [1.82, 2.24) is 0 Å². The molecule has 0 spiro atoms. The number of anilines is 2. The number of aromatic carboxylic acids is 1. The molecule has 0 saturated carbocycles. The zero-order chi connectivity index (χ0) is 18.1. The second-order valence-corrected chi connectivity index (χ2v) is 5.84. The van der Waals surface area contributed by atoms with Gasteiger partial charge in [0.1, 0.15) is 17.4 Å². The summed E-state index contributed by atoms with van der Waals surface area (Å²) in [6.07, 6.45) is -0.0196. The van der Waals surface area contributed by atoms with E-state index in [2.05, 4.69) is 5.32 Å². The number of benzene rings is 2. The first-order valence-electron chi connectivity index (χ1n) is 7.63. The molecule has 7 nitrogen and oxygen atoms in total. The van der Waals surface area contributed by atoms with E-state index in [4.69, 9.17) is 5.11 Å². The largest absolute Gasteiger partial charge is 0.507 e. The van der Waals surface area contributed by atoms with E-state index in [9.17, 15) is 19.5 Å². The molecule has 3 rings (SSSR count). The van der Waals surface area contributed by atoms with Crippen LogP contribution in [0.2, 0.25) is 0 Å². The lowest BCUT2D eigenvalue weighted by atomic mass is 10.1. The van der Waals surface area contributed by atoms with Gasteiger partial charge in [-0.15, -0.1) is 0 Å². The summed E-state index contributed by atoms with van der Waals surface area (Å²) in [6, 6.07) is 10.3. The van der Waals surface area contributed by atoms with E-state index in [1.807, 2.05) is 25.1 Å². The zero-order valence-electron chi connectivity index (χ0n) is 13.4. The quantitative estimate of drug-likeness (QED) is 0.736. The molecule has 2 amide bonds. The summed E-state index contributed by atoms with van der Waals surface area (Å²) >= 11 is 0. The van der Waals surface area contributed by atoms with Crippen LogP contribution in [0, 0.1) is 6.92 Å². The van der Waals surface area contributed by atoms with Gasteiger partial charge in [-0.1, -0.05) is 12.1 Å². The van der Waals surface area contributed by atoms with Gasteiger partial charge in [-0.3, -0.25) is 9.59 Å². The van der Waals surface area contributed by atoms with Gasteiger partial charge in [0, 0.05) is 11.8 Å². The highest BCUT2D eigenvalue weighted by atomic mass is 16.4. The van der Waals surface area contributed by atoms with Crippen LogP contribution >= 0.6 is 0 Å². The molecule has 2 aromatic carbocycles. The number of carbonyl (C=O) groups excluding carboxylic acids is 2. The Morgan fingerprint density at radius 1 is 1.20 bits per heavy atom. The molecule has 7 heteroatoms. The zero-order valence-corrected chi connectivity index (χ0v) is 13.4. The van der Waals surface area contributed by atoms with Crippen LogP contribution in [0.25, 0.3) is 0 Å². The average Bonchev–Trinajstić information content (AvgIpc) is 2.81. The van der Waals surface area contributed by atoms with Crippen molar-refractivity contribution in [2.45, 2.75) is 19.4 Å². The number of imide groups is 1. The van der Waals surface area contributed by atoms with Crippen molar-refractivity contribution in [2.75, 3.05) is 10.2 Å². The summed E-state index contributed by atoms with van der Waals surface area (Å²) in [6.45, 7) is 1.92. The summed E-state index contributed by atoms with van der Waals surface area (Å²) in [5.41, 5.74) is 1.60. The Kier molecular flexibility index (Phi) is 4.14. The maximum Gasteiger partial charge on any atom is 0.339 e. The Balaban J connectivity index is 1.84. The number of carboxylic acids is 1. The number of nitrogens with zero attached hydrogens (tertiary/aromatic N) is 1. The minimum absolute atomic E-state index is 0.0196. The van der Waals surface area contributed by atoms with Crippen LogP contribution in [0.3, 0.4) is 0 Å². The van der Waals surface area contributed by atoms with Crippen LogP contribution < -0.4 is 10.2 Å². The van der Waals surface area contributed by atoms with Crippen LogP contribution in [-0.2, 0) is 9.59 Å². The molecule has 3 N–H and O–H groups in total. The minimum atomic E-state index is -1.29. The number of carbonyl (C=O) groups is 3. The lowest BCUT2D eigenvalue weighted by Gasteiger charge is -2.17. The van der Waals surface area contributed by atoms with E-state index in [0.29, 0.717) is 0 Å². The maximum absolute atomic E-state index is 12.6. The molecule has 1 saturated heterocycles. The average molecular weight is 340 g/mol. The van der Waals surface area contributed by atoms with Gasteiger partial charge < -0.3 is 15.5 Å². The van der Waals surface area contributed by atoms with E-state index < -0.39 is 29.6 Å². The van der Waals surface area contributed by atoms with Crippen molar-refractivity contribution in [3.05, 3.63) is 53.6 Å². The Hall–Kier alpha value is -3.35. The van der Waals surface area contributed by atoms with E-state index in [1.165, 1.54) is 6.07 Å². The van der Waals surface area contributed by atoms with E-state index in [1.54, 1.807) is 6.07 Å². The predicted molar refractivity (Wildman–Crippen MR) is 90.8 cm³/mol. The summed E-state index contributed by atoms with van der Waals surface area (Å²) in [5, 5.41) is 21.8. The van der Waals surface area contributed by atoms with Crippen LogP contribution in [0.5, 0.6) is 5.75 Å². The number of amides is 2. The molecular weight excluding hydrogens is 324 g/mol. The molecule has 1 aliphatic rings. The second kappa shape index (κ2) is 6.27. The van der Waals surface area contributed by atoms with Crippen molar-refractivity contribution in [1.29, 1.82) is 0 Å². The molecule has 128 valence electrons.